The number of para-hydroxylation sites is 1. The Bertz CT molecular complexity index is 530. The van der Waals surface area contributed by atoms with E-state index in [1.54, 1.807) is 7.11 Å². The minimum absolute atomic E-state index is 0. The van der Waals surface area contributed by atoms with Gasteiger partial charge in [0.2, 0.25) is 0 Å². The molecule has 2 rings (SSSR count). The number of hydrogen-bond acceptors (Lipinski definition) is 3. The predicted octanol–water partition coefficient (Wildman–Crippen LogP) is 3.05. The maximum atomic E-state index is 5.44. The van der Waals surface area contributed by atoms with E-state index in [2.05, 4.69) is 40.1 Å². The topological polar surface area (TPSA) is 40.1 Å². The summed E-state index contributed by atoms with van der Waals surface area (Å²) >= 11 is 0. The fourth-order valence-electron chi connectivity index (χ4n) is 3.16. The number of guanidine groups is 1. The van der Waals surface area contributed by atoms with Crippen molar-refractivity contribution in [3.05, 3.63) is 29.8 Å². The molecule has 1 saturated heterocycles. The van der Waals surface area contributed by atoms with Gasteiger partial charge in [-0.3, -0.25) is 4.99 Å². The van der Waals surface area contributed by atoms with Crippen LogP contribution >= 0.6 is 24.0 Å². The average molecular weight is 460 g/mol. The van der Waals surface area contributed by atoms with Crippen molar-refractivity contribution in [3.8, 4) is 5.75 Å². The molecule has 0 saturated carbocycles. The van der Waals surface area contributed by atoms with Gasteiger partial charge in [-0.25, -0.2) is 0 Å². The summed E-state index contributed by atoms with van der Waals surface area (Å²) in [6.45, 7) is 7.57. The van der Waals surface area contributed by atoms with Gasteiger partial charge >= 0.3 is 0 Å². The lowest BCUT2D eigenvalue weighted by molar-refractivity contribution is 0.195. The van der Waals surface area contributed by atoms with E-state index in [1.807, 2.05) is 25.2 Å². The highest BCUT2D eigenvalue weighted by atomic mass is 127. The molecular formula is C19H33IN4O. The molecular weight excluding hydrogens is 427 g/mol. The second-order valence-corrected chi connectivity index (χ2v) is 6.67. The summed E-state index contributed by atoms with van der Waals surface area (Å²) < 4.78 is 5.44. The van der Waals surface area contributed by atoms with Gasteiger partial charge in [0, 0.05) is 39.3 Å². The Balaban J connectivity index is 0.00000312. The number of nitrogens with one attached hydrogen (secondary N) is 1. The molecule has 5 nitrogen and oxygen atoms in total. The molecule has 6 heteroatoms. The van der Waals surface area contributed by atoms with Crippen molar-refractivity contribution in [2.45, 2.75) is 26.3 Å². The molecule has 0 amide bonds. The summed E-state index contributed by atoms with van der Waals surface area (Å²) in [5.74, 6) is 2.72. The molecule has 0 aliphatic carbocycles. The second-order valence-electron chi connectivity index (χ2n) is 6.67. The SMILES string of the molecule is CN=C(NCCN1CCC(C)CC1)N(C)Cc1ccccc1OC.I. The average Bonchev–Trinajstić information content (AvgIpc) is 2.60. The van der Waals surface area contributed by atoms with Gasteiger partial charge in [-0.2, -0.15) is 0 Å². The third-order valence-corrected chi connectivity index (χ3v) is 4.76. The molecule has 0 unspecified atom stereocenters. The van der Waals surface area contributed by atoms with Crippen LogP contribution < -0.4 is 10.1 Å². The van der Waals surface area contributed by atoms with Crippen LogP contribution in [0.25, 0.3) is 0 Å². The lowest BCUT2D eigenvalue weighted by Crippen LogP contribution is -2.43. The Morgan fingerprint density at radius 2 is 2.00 bits per heavy atom. The first-order valence-corrected chi connectivity index (χ1v) is 8.90. The Kier molecular flexibility index (Phi) is 10.2. The molecule has 1 heterocycles. The molecule has 1 fully saturated rings. The predicted molar refractivity (Wildman–Crippen MR) is 116 cm³/mol. The van der Waals surface area contributed by atoms with E-state index in [0.717, 1.165) is 42.8 Å². The molecule has 0 bridgehead atoms. The first-order chi connectivity index (χ1) is 11.6. The standard InChI is InChI=1S/C19H32N4O.HI/c1-16-9-12-23(13-10-16)14-11-21-19(20-2)22(3)15-17-7-5-6-8-18(17)24-4;/h5-8,16H,9-15H2,1-4H3,(H,20,21);1H. The number of hydrogen-bond donors (Lipinski definition) is 1. The van der Waals surface area contributed by atoms with Crippen LogP contribution in [0.5, 0.6) is 5.75 Å². The Labute approximate surface area is 169 Å². The van der Waals surface area contributed by atoms with Crippen LogP contribution in [0.4, 0.5) is 0 Å². The molecule has 1 aromatic rings. The molecule has 0 spiro atoms. The zero-order valence-electron chi connectivity index (χ0n) is 16.0. The van der Waals surface area contributed by atoms with E-state index < -0.39 is 0 Å². The summed E-state index contributed by atoms with van der Waals surface area (Å²) in [7, 11) is 5.61. The molecule has 0 radical (unpaired) electrons. The molecule has 0 atom stereocenters. The summed E-state index contributed by atoms with van der Waals surface area (Å²) in [5.41, 5.74) is 1.16. The van der Waals surface area contributed by atoms with Crippen molar-refractivity contribution in [2.24, 2.45) is 10.9 Å². The van der Waals surface area contributed by atoms with Gasteiger partial charge in [0.05, 0.1) is 7.11 Å². The van der Waals surface area contributed by atoms with Crippen LogP contribution in [-0.4, -0.2) is 63.1 Å². The van der Waals surface area contributed by atoms with Crippen LogP contribution in [0.15, 0.2) is 29.3 Å². The first kappa shape index (κ1) is 22.0. The van der Waals surface area contributed by atoms with E-state index in [4.69, 9.17) is 4.74 Å². The van der Waals surface area contributed by atoms with Gasteiger partial charge in [-0.15, -0.1) is 24.0 Å². The molecule has 1 aliphatic rings. The monoisotopic (exact) mass is 460 g/mol. The number of piperidine rings is 1. The molecule has 1 N–H and O–H groups in total. The zero-order chi connectivity index (χ0) is 17.4. The Hall–Kier alpha value is -1.02. The summed E-state index contributed by atoms with van der Waals surface area (Å²) in [6.07, 6.45) is 2.64. The summed E-state index contributed by atoms with van der Waals surface area (Å²) in [5, 5.41) is 3.48. The van der Waals surface area contributed by atoms with Crippen molar-refractivity contribution in [1.82, 2.24) is 15.1 Å². The number of likely N-dealkylation sites (tertiary alicyclic amines) is 1. The lowest BCUT2D eigenvalue weighted by atomic mass is 9.99. The van der Waals surface area contributed by atoms with E-state index in [-0.39, 0.29) is 24.0 Å². The number of rotatable bonds is 6. The molecule has 0 aromatic heterocycles. The van der Waals surface area contributed by atoms with Gasteiger partial charge < -0.3 is 19.9 Å². The van der Waals surface area contributed by atoms with Crippen molar-refractivity contribution in [3.63, 3.8) is 0 Å². The fraction of sp³-hybridized carbons (Fsp3) is 0.632. The van der Waals surface area contributed by atoms with Crippen LogP contribution in [-0.2, 0) is 6.54 Å². The third kappa shape index (κ3) is 7.01. The number of nitrogens with zero attached hydrogens (tertiary/aromatic N) is 3. The van der Waals surface area contributed by atoms with Crippen molar-refractivity contribution >= 4 is 29.9 Å². The van der Waals surface area contributed by atoms with Crippen LogP contribution in [0.3, 0.4) is 0 Å². The third-order valence-electron chi connectivity index (χ3n) is 4.76. The van der Waals surface area contributed by atoms with Crippen molar-refractivity contribution < 1.29 is 4.74 Å². The summed E-state index contributed by atoms with van der Waals surface area (Å²) in [6, 6.07) is 8.13. The Morgan fingerprint density at radius 1 is 1.32 bits per heavy atom. The lowest BCUT2D eigenvalue weighted by Gasteiger charge is -2.30. The number of benzene rings is 1. The normalized spacial score (nSPS) is 16.2. The minimum Gasteiger partial charge on any atom is -0.496 e. The van der Waals surface area contributed by atoms with E-state index >= 15 is 0 Å². The maximum absolute atomic E-state index is 5.44. The van der Waals surface area contributed by atoms with Crippen LogP contribution in [0, 0.1) is 5.92 Å². The van der Waals surface area contributed by atoms with Gasteiger partial charge in [0.15, 0.2) is 5.96 Å². The second kappa shape index (κ2) is 11.6. The Morgan fingerprint density at radius 3 is 2.64 bits per heavy atom. The van der Waals surface area contributed by atoms with Crippen molar-refractivity contribution in [2.75, 3.05) is 47.4 Å². The summed E-state index contributed by atoms with van der Waals surface area (Å²) in [4.78, 5) is 9.08. The van der Waals surface area contributed by atoms with Gasteiger partial charge in [0.25, 0.3) is 0 Å². The van der Waals surface area contributed by atoms with Crippen LogP contribution in [0.2, 0.25) is 0 Å². The van der Waals surface area contributed by atoms with Crippen molar-refractivity contribution in [1.29, 1.82) is 0 Å². The smallest absolute Gasteiger partial charge is 0.193 e. The van der Waals surface area contributed by atoms with E-state index in [1.165, 1.54) is 25.9 Å². The highest BCUT2D eigenvalue weighted by Gasteiger charge is 2.15. The minimum atomic E-state index is 0. The molecule has 25 heavy (non-hydrogen) atoms. The maximum Gasteiger partial charge on any atom is 0.193 e. The van der Waals surface area contributed by atoms with Gasteiger partial charge in [-0.1, -0.05) is 25.1 Å². The number of methoxy groups -OCH3 is 1. The highest BCUT2D eigenvalue weighted by molar-refractivity contribution is 14.0. The number of halogens is 1. The molecule has 1 aromatic carbocycles. The fourth-order valence-corrected chi connectivity index (χ4v) is 3.16. The molecule has 142 valence electrons. The largest absolute Gasteiger partial charge is 0.496 e. The highest BCUT2D eigenvalue weighted by Crippen LogP contribution is 2.18. The van der Waals surface area contributed by atoms with Crippen LogP contribution in [0.1, 0.15) is 25.3 Å². The number of ether oxygens (including phenoxy) is 1. The number of aliphatic imine (C=N–C) groups is 1. The first-order valence-electron chi connectivity index (χ1n) is 8.90. The van der Waals surface area contributed by atoms with Gasteiger partial charge in [0.1, 0.15) is 5.75 Å². The van der Waals surface area contributed by atoms with E-state index in [0.29, 0.717) is 0 Å². The van der Waals surface area contributed by atoms with Gasteiger partial charge in [-0.05, 0) is 37.9 Å². The molecule has 1 aliphatic heterocycles. The quantitative estimate of drug-likeness (QED) is 0.403. The zero-order valence-corrected chi connectivity index (χ0v) is 18.3. The van der Waals surface area contributed by atoms with E-state index in [9.17, 15) is 0 Å².